The largest absolute Gasteiger partial charge is 0.325 e. The van der Waals surface area contributed by atoms with E-state index in [2.05, 4.69) is 10.0 Å². The Morgan fingerprint density at radius 3 is 2.39 bits per heavy atom. The van der Waals surface area contributed by atoms with E-state index in [1.54, 1.807) is 18.2 Å². The van der Waals surface area contributed by atoms with Gasteiger partial charge in [-0.25, -0.2) is 8.42 Å². The number of anilines is 2. The number of amides is 1. The van der Waals surface area contributed by atoms with Gasteiger partial charge in [0.05, 0.1) is 16.3 Å². The van der Waals surface area contributed by atoms with Gasteiger partial charge in [-0.05, 0) is 43.0 Å². The van der Waals surface area contributed by atoms with Crippen molar-refractivity contribution in [2.75, 3.05) is 16.3 Å². The van der Waals surface area contributed by atoms with Crippen molar-refractivity contribution in [3.63, 3.8) is 0 Å². The van der Waals surface area contributed by atoms with Crippen LogP contribution < -0.4 is 10.0 Å². The van der Waals surface area contributed by atoms with E-state index in [0.717, 1.165) is 10.5 Å². The Balaban J connectivity index is 2.40. The van der Waals surface area contributed by atoms with Crippen LogP contribution in [0.2, 0.25) is 0 Å². The van der Waals surface area contributed by atoms with E-state index in [4.69, 9.17) is 0 Å². The topological polar surface area (TPSA) is 75.3 Å². The van der Waals surface area contributed by atoms with Gasteiger partial charge in [0, 0.05) is 11.8 Å². The van der Waals surface area contributed by atoms with Crippen LogP contribution in [0.5, 0.6) is 0 Å². The van der Waals surface area contributed by atoms with E-state index in [0.29, 0.717) is 11.4 Å². The van der Waals surface area contributed by atoms with Crippen molar-refractivity contribution in [1.29, 1.82) is 0 Å². The minimum absolute atomic E-state index is 0.0994. The molecule has 0 spiro atoms. The molecule has 7 heteroatoms. The van der Waals surface area contributed by atoms with Gasteiger partial charge in [0.15, 0.2) is 0 Å². The van der Waals surface area contributed by atoms with E-state index in [9.17, 15) is 13.2 Å². The predicted molar refractivity (Wildman–Crippen MR) is 94.5 cm³/mol. The number of aryl methyl sites for hydroxylation is 1. The first kappa shape index (κ1) is 17.4. The molecule has 122 valence electrons. The lowest BCUT2D eigenvalue weighted by Crippen LogP contribution is -2.15. The smallest absolute Gasteiger partial charge is 0.261 e. The molecule has 2 rings (SSSR count). The number of nitrogens with one attached hydrogen (secondary N) is 2. The summed E-state index contributed by atoms with van der Waals surface area (Å²) in [5.74, 6) is -0.248. The summed E-state index contributed by atoms with van der Waals surface area (Å²) in [5, 5.41) is 2.66. The minimum Gasteiger partial charge on any atom is -0.325 e. The number of benzene rings is 2. The van der Waals surface area contributed by atoms with Crippen LogP contribution in [0.15, 0.2) is 52.3 Å². The first-order chi connectivity index (χ1) is 10.8. The van der Waals surface area contributed by atoms with Gasteiger partial charge < -0.3 is 5.32 Å². The Hall–Kier alpha value is -1.99. The number of carbonyl (C=O) groups is 1. The molecule has 0 bridgehead atoms. The number of carbonyl (C=O) groups excluding carboxylic acids is 1. The molecule has 2 aromatic rings. The molecule has 0 atom stereocenters. The number of hydrogen-bond acceptors (Lipinski definition) is 4. The molecule has 0 heterocycles. The van der Waals surface area contributed by atoms with Gasteiger partial charge in [-0.2, -0.15) is 0 Å². The Kier molecular flexibility index (Phi) is 5.33. The molecule has 0 radical (unpaired) electrons. The Bertz CT molecular complexity index is 833. The van der Waals surface area contributed by atoms with Crippen molar-refractivity contribution in [2.45, 2.75) is 23.6 Å². The molecule has 0 saturated heterocycles. The number of hydrogen-bond donors (Lipinski definition) is 2. The molecule has 0 aliphatic rings. The lowest BCUT2D eigenvalue weighted by atomic mass is 10.2. The first-order valence-corrected chi connectivity index (χ1v) is 9.58. The molecule has 0 unspecified atom stereocenters. The Labute approximate surface area is 140 Å². The quantitative estimate of drug-likeness (QED) is 0.810. The van der Waals surface area contributed by atoms with Crippen LogP contribution in [0.4, 0.5) is 11.4 Å². The van der Waals surface area contributed by atoms with Crippen molar-refractivity contribution >= 4 is 39.1 Å². The maximum absolute atomic E-state index is 12.6. The third-order valence-electron chi connectivity index (χ3n) is 3.18. The zero-order chi connectivity index (χ0) is 17.0. The summed E-state index contributed by atoms with van der Waals surface area (Å²) in [5.41, 5.74) is 1.85. The lowest BCUT2D eigenvalue weighted by molar-refractivity contribution is -0.114. The van der Waals surface area contributed by atoms with Gasteiger partial charge in [-0.3, -0.25) is 9.52 Å². The SMILES string of the molecule is CSc1ccc(S(=O)(=O)Nc2ccccc2C)cc1NC(C)=O. The summed E-state index contributed by atoms with van der Waals surface area (Å²) in [6, 6.07) is 11.8. The van der Waals surface area contributed by atoms with Crippen molar-refractivity contribution < 1.29 is 13.2 Å². The van der Waals surface area contributed by atoms with Crippen LogP contribution >= 0.6 is 11.8 Å². The van der Waals surface area contributed by atoms with Crippen molar-refractivity contribution in [3.05, 3.63) is 48.0 Å². The summed E-state index contributed by atoms with van der Waals surface area (Å²) < 4.78 is 27.7. The molecule has 2 N–H and O–H groups in total. The van der Waals surface area contributed by atoms with E-state index in [1.807, 2.05) is 25.3 Å². The monoisotopic (exact) mass is 350 g/mol. The summed E-state index contributed by atoms with van der Waals surface area (Å²) in [7, 11) is -3.73. The van der Waals surface area contributed by atoms with Gasteiger partial charge in [0.1, 0.15) is 0 Å². The summed E-state index contributed by atoms with van der Waals surface area (Å²) in [6.45, 7) is 3.22. The van der Waals surface area contributed by atoms with E-state index >= 15 is 0 Å². The molecule has 0 aliphatic carbocycles. The fourth-order valence-electron chi connectivity index (χ4n) is 2.03. The second-order valence-electron chi connectivity index (χ2n) is 4.96. The first-order valence-electron chi connectivity index (χ1n) is 6.87. The fraction of sp³-hybridized carbons (Fsp3) is 0.188. The maximum Gasteiger partial charge on any atom is 0.261 e. The van der Waals surface area contributed by atoms with Crippen molar-refractivity contribution in [2.24, 2.45) is 0 Å². The highest BCUT2D eigenvalue weighted by molar-refractivity contribution is 7.98. The van der Waals surface area contributed by atoms with E-state index in [1.165, 1.54) is 30.8 Å². The average Bonchev–Trinajstić information content (AvgIpc) is 2.49. The van der Waals surface area contributed by atoms with E-state index in [-0.39, 0.29) is 10.8 Å². The summed E-state index contributed by atoms with van der Waals surface area (Å²) >= 11 is 1.43. The maximum atomic E-state index is 12.6. The highest BCUT2D eigenvalue weighted by Crippen LogP contribution is 2.29. The van der Waals surface area contributed by atoms with Crippen molar-refractivity contribution in [1.82, 2.24) is 0 Å². The standard InChI is InChI=1S/C16H18N2O3S2/c1-11-6-4-5-7-14(11)18-23(20,21)13-8-9-16(22-3)15(10-13)17-12(2)19/h4-10,18H,1-3H3,(H,17,19). The molecule has 23 heavy (non-hydrogen) atoms. The Morgan fingerprint density at radius 2 is 1.78 bits per heavy atom. The molecule has 5 nitrogen and oxygen atoms in total. The minimum atomic E-state index is -3.73. The molecule has 0 fully saturated rings. The second-order valence-corrected chi connectivity index (χ2v) is 7.49. The summed E-state index contributed by atoms with van der Waals surface area (Å²) in [6.07, 6.45) is 1.86. The van der Waals surface area contributed by atoms with Crippen LogP contribution in [0, 0.1) is 6.92 Å². The van der Waals surface area contributed by atoms with Gasteiger partial charge in [-0.1, -0.05) is 18.2 Å². The van der Waals surface area contributed by atoms with Crippen molar-refractivity contribution in [3.8, 4) is 0 Å². The molecule has 0 aliphatic heterocycles. The highest BCUT2D eigenvalue weighted by atomic mass is 32.2. The van der Waals surface area contributed by atoms with Crippen LogP contribution in [0.3, 0.4) is 0 Å². The van der Waals surface area contributed by atoms with Gasteiger partial charge in [0.25, 0.3) is 10.0 Å². The number of thioether (sulfide) groups is 1. The molecule has 0 aromatic heterocycles. The van der Waals surface area contributed by atoms with Gasteiger partial charge in [-0.15, -0.1) is 11.8 Å². The second kappa shape index (κ2) is 7.06. The third kappa shape index (κ3) is 4.27. The fourth-order valence-corrected chi connectivity index (χ4v) is 3.72. The molecule has 0 saturated carbocycles. The molecule has 1 amide bonds. The number of para-hydroxylation sites is 1. The van der Waals surface area contributed by atoms with Crippen LogP contribution in [-0.2, 0) is 14.8 Å². The van der Waals surface area contributed by atoms with Gasteiger partial charge >= 0.3 is 0 Å². The normalized spacial score (nSPS) is 11.1. The third-order valence-corrected chi connectivity index (χ3v) is 5.34. The molecule has 2 aromatic carbocycles. The number of sulfonamides is 1. The highest BCUT2D eigenvalue weighted by Gasteiger charge is 2.17. The summed E-state index contributed by atoms with van der Waals surface area (Å²) in [4.78, 5) is 12.2. The average molecular weight is 350 g/mol. The lowest BCUT2D eigenvalue weighted by Gasteiger charge is -2.13. The van der Waals surface area contributed by atoms with Crippen LogP contribution in [0.25, 0.3) is 0 Å². The molecular weight excluding hydrogens is 332 g/mol. The van der Waals surface area contributed by atoms with Gasteiger partial charge in [0.2, 0.25) is 5.91 Å². The number of rotatable bonds is 5. The van der Waals surface area contributed by atoms with E-state index < -0.39 is 10.0 Å². The zero-order valence-electron chi connectivity index (χ0n) is 13.1. The predicted octanol–water partition coefficient (Wildman–Crippen LogP) is 3.48. The van der Waals surface area contributed by atoms with Crippen LogP contribution in [0.1, 0.15) is 12.5 Å². The van der Waals surface area contributed by atoms with Crippen LogP contribution in [-0.4, -0.2) is 20.6 Å². The Morgan fingerprint density at radius 1 is 1.09 bits per heavy atom. The zero-order valence-corrected chi connectivity index (χ0v) is 14.7. The molecular formula is C16H18N2O3S2.